The number of fused-ring (bicyclic) bond motifs is 1. The first-order chi connectivity index (χ1) is 16.1. The summed E-state index contributed by atoms with van der Waals surface area (Å²) in [6.45, 7) is 6.51. The first kappa shape index (κ1) is 24.8. The standard InChI is InChI=1S/C25H33N3O5S/c1-4-21(26-11-13-27(14-12-26)34(3,32)33)17(2)15-22(28-24(30)9-10-25(28)31)19-5-7-20-18(16-19)6-8-23(20)29/h5,7,9-10,16-17,21-22H,4,6,8,11-15H2,1-3H3. The Morgan fingerprint density at radius 2 is 1.62 bits per heavy atom. The van der Waals surface area contributed by atoms with Gasteiger partial charge in [-0.05, 0) is 36.3 Å². The SMILES string of the molecule is CCC(C(C)CC(c1ccc2c(c1)CCC2=O)N1C(=O)C=CC1=O)N1CCN(S(C)(=O)=O)CC1. The number of imide groups is 1. The van der Waals surface area contributed by atoms with Gasteiger partial charge in [-0.25, -0.2) is 8.42 Å². The summed E-state index contributed by atoms with van der Waals surface area (Å²) in [4.78, 5) is 41.0. The van der Waals surface area contributed by atoms with Gasteiger partial charge in [-0.3, -0.25) is 24.2 Å². The van der Waals surface area contributed by atoms with Crippen LogP contribution in [-0.2, 0) is 26.0 Å². The fourth-order valence-electron chi connectivity index (χ4n) is 5.69. The Morgan fingerprint density at radius 1 is 0.971 bits per heavy atom. The minimum atomic E-state index is -3.20. The zero-order valence-corrected chi connectivity index (χ0v) is 20.9. The predicted octanol–water partition coefficient (Wildman–Crippen LogP) is 2.16. The molecule has 8 nitrogen and oxygen atoms in total. The van der Waals surface area contributed by atoms with Crippen molar-refractivity contribution in [2.75, 3.05) is 32.4 Å². The molecule has 1 fully saturated rings. The van der Waals surface area contributed by atoms with Crippen LogP contribution >= 0.6 is 0 Å². The Labute approximate surface area is 201 Å². The maximum atomic E-state index is 12.6. The Kier molecular flexibility index (Phi) is 7.07. The second-order valence-corrected chi connectivity index (χ2v) is 11.6. The van der Waals surface area contributed by atoms with Crippen molar-refractivity contribution in [3.63, 3.8) is 0 Å². The summed E-state index contributed by atoms with van der Waals surface area (Å²) in [6.07, 6.45) is 6.54. The molecule has 0 bridgehead atoms. The Balaban J connectivity index is 1.56. The number of hydrogen-bond donors (Lipinski definition) is 0. The summed E-state index contributed by atoms with van der Waals surface area (Å²) < 4.78 is 25.3. The quantitative estimate of drug-likeness (QED) is 0.522. The maximum absolute atomic E-state index is 12.6. The largest absolute Gasteiger partial charge is 0.298 e. The summed E-state index contributed by atoms with van der Waals surface area (Å²) in [5.74, 6) is -0.334. The van der Waals surface area contributed by atoms with Crippen molar-refractivity contribution in [2.45, 2.75) is 51.6 Å². The number of piperazine rings is 1. The number of nitrogens with zero attached hydrogens (tertiary/aromatic N) is 3. The number of carbonyl (C=O) groups is 3. The van der Waals surface area contributed by atoms with Crippen molar-refractivity contribution in [2.24, 2.45) is 5.92 Å². The third-order valence-electron chi connectivity index (χ3n) is 7.47. The van der Waals surface area contributed by atoms with E-state index in [2.05, 4.69) is 18.7 Å². The van der Waals surface area contributed by atoms with E-state index in [9.17, 15) is 22.8 Å². The van der Waals surface area contributed by atoms with Crippen LogP contribution < -0.4 is 0 Å². The average molecular weight is 488 g/mol. The van der Waals surface area contributed by atoms with Crippen LogP contribution in [0.25, 0.3) is 0 Å². The molecule has 0 spiro atoms. The van der Waals surface area contributed by atoms with Gasteiger partial charge in [-0.1, -0.05) is 32.0 Å². The third-order valence-corrected chi connectivity index (χ3v) is 8.78. The zero-order chi connectivity index (χ0) is 24.6. The molecule has 0 saturated carbocycles. The van der Waals surface area contributed by atoms with Crippen molar-refractivity contribution >= 4 is 27.6 Å². The van der Waals surface area contributed by atoms with Crippen LogP contribution in [0, 0.1) is 5.92 Å². The number of sulfonamides is 1. The Morgan fingerprint density at radius 3 is 2.21 bits per heavy atom. The minimum Gasteiger partial charge on any atom is -0.298 e. The molecule has 1 saturated heterocycles. The monoisotopic (exact) mass is 487 g/mol. The lowest BCUT2D eigenvalue weighted by atomic mass is 9.86. The molecular formula is C25H33N3O5S. The molecule has 1 aliphatic carbocycles. The van der Waals surface area contributed by atoms with Crippen LogP contribution in [0.15, 0.2) is 30.4 Å². The fraction of sp³-hybridized carbons (Fsp3) is 0.560. The molecule has 3 aliphatic rings. The van der Waals surface area contributed by atoms with Crippen LogP contribution in [0.5, 0.6) is 0 Å². The summed E-state index contributed by atoms with van der Waals surface area (Å²) >= 11 is 0. The van der Waals surface area contributed by atoms with E-state index < -0.39 is 16.1 Å². The molecule has 1 aromatic carbocycles. The lowest BCUT2D eigenvalue weighted by Gasteiger charge is -2.42. The third kappa shape index (κ3) is 4.87. The highest BCUT2D eigenvalue weighted by molar-refractivity contribution is 7.88. The number of ketones is 1. The Hall–Kier alpha value is -2.36. The van der Waals surface area contributed by atoms with E-state index >= 15 is 0 Å². The van der Waals surface area contributed by atoms with E-state index in [-0.39, 0.29) is 29.6 Å². The number of benzene rings is 1. The molecule has 2 heterocycles. The molecule has 0 aromatic heterocycles. The molecule has 2 aliphatic heterocycles. The van der Waals surface area contributed by atoms with Crippen molar-refractivity contribution in [1.29, 1.82) is 0 Å². The van der Waals surface area contributed by atoms with Gasteiger partial charge in [0.2, 0.25) is 10.0 Å². The molecule has 1 aromatic rings. The van der Waals surface area contributed by atoms with Crippen molar-refractivity contribution < 1.29 is 22.8 Å². The maximum Gasteiger partial charge on any atom is 0.254 e. The first-order valence-electron chi connectivity index (χ1n) is 12.0. The number of rotatable bonds is 8. The smallest absolute Gasteiger partial charge is 0.254 e. The molecular weight excluding hydrogens is 454 g/mol. The Bertz CT molecular complexity index is 1100. The van der Waals surface area contributed by atoms with Gasteiger partial charge in [0.05, 0.1) is 12.3 Å². The molecule has 3 atom stereocenters. The molecule has 0 N–H and O–H groups in total. The summed E-state index contributed by atoms with van der Waals surface area (Å²) in [5.41, 5.74) is 2.60. The van der Waals surface area contributed by atoms with Gasteiger partial charge in [-0.15, -0.1) is 0 Å². The molecule has 34 heavy (non-hydrogen) atoms. The molecule has 3 unspecified atom stereocenters. The minimum absolute atomic E-state index is 0.140. The van der Waals surface area contributed by atoms with E-state index in [4.69, 9.17) is 0 Å². The second kappa shape index (κ2) is 9.71. The molecule has 9 heteroatoms. The van der Waals surface area contributed by atoms with Gasteiger partial charge < -0.3 is 0 Å². The lowest BCUT2D eigenvalue weighted by Crippen LogP contribution is -2.53. The summed E-state index contributed by atoms with van der Waals surface area (Å²) in [5, 5.41) is 0. The van der Waals surface area contributed by atoms with Crippen LogP contribution in [0.1, 0.15) is 60.6 Å². The van der Waals surface area contributed by atoms with Crippen LogP contribution in [0.2, 0.25) is 0 Å². The molecule has 4 rings (SSSR count). The normalized spacial score (nSPS) is 22.3. The lowest BCUT2D eigenvalue weighted by molar-refractivity contribution is -0.140. The van der Waals surface area contributed by atoms with Gasteiger partial charge in [-0.2, -0.15) is 4.31 Å². The number of amides is 2. The van der Waals surface area contributed by atoms with Crippen molar-refractivity contribution in [3.8, 4) is 0 Å². The van der Waals surface area contributed by atoms with Crippen molar-refractivity contribution in [3.05, 3.63) is 47.0 Å². The number of Topliss-reactive ketones (excluding diaryl/α,β-unsaturated/α-hetero) is 1. The predicted molar refractivity (Wildman–Crippen MR) is 129 cm³/mol. The van der Waals surface area contributed by atoms with Crippen LogP contribution in [0.4, 0.5) is 0 Å². The highest BCUT2D eigenvalue weighted by Gasteiger charge is 2.37. The van der Waals surface area contributed by atoms with E-state index in [1.807, 2.05) is 18.2 Å². The number of carbonyl (C=O) groups excluding carboxylic acids is 3. The van der Waals surface area contributed by atoms with Gasteiger partial charge >= 0.3 is 0 Å². The van der Waals surface area contributed by atoms with Gasteiger partial charge in [0, 0.05) is 56.4 Å². The fourth-order valence-corrected chi connectivity index (χ4v) is 6.52. The number of hydrogen-bond acceptors (Lipinski definition) is 6. The average Bonchev–Trinajstić information content (AvgIpc) is 3.33. The highest BCUT2D eigenvalue weighted by Crippen LogP contribution is 2.35. The number of aryl methyl sites for hydroxylation is 1. The zero-order valence-electron chi connectivity index (χ0n) is 20.1. The van der Waals surface area contributed by atoms with Crippen molar-refractivity contribution in [1.82, 2.24) is 14.1 Å². The highest BCUT2D eigenvalue weighted by atomic mass is 32.2. The van der Waals surface area contributed by atoms with Crippen LogP contribution in [0.3, 0.4) is 0 Å². The molecule has 184 valence electrons. The van der Waals surface area contributed by atoms with Crippen LogP contribution in [-0.4, -0.2) is 78.6 Å². The van der Waals surface area contributed by atoms with E-state index in [0.29, 0.717) is 45.4 Å². The summed E-state index contributed by atoms with van der Waals surface area (Å²) in [6, 6.07) is 5.47. The molecule has 0 radical (unpaired) electrons. The molecule has 2 amide bonds. The van der Waals surface area contributed by atoms with Gasteiger partial charge in [0.15, 0.2) is 5.78 Å². The van der Waals surface area contributed by atoms with Gasteiger partial charge in [0.1, 0.15) is 0 Å². The summed E-state index contributed by atoms with van der Waals surface area (Å²) in [7, 11) is -3.20. The van der Waals surface area contributed by atoms with E-state index in [1.165, 1.54) is 27.6 Å². The van der Waals surface area contributed by atoms with E-state index in [0.717, 1.165) is 23.1 Å². The van der Waals surface area contributed by atoms with E-state index in [1.54, 1.807) is 0 Å². The first-order valence-corrected chi connectivity index (χ1v) is 13.9. The second-order valence-electron chi connectivity index (χ2n) is 9.62. The van der Waals surface area contributed by atoms with Gasteiger partial charge in [0.25, 0.3) is 11.8 Å². The topological polar surface area (TPSA) is 95.1 Å².